The van der Waals surface area contributed by atoms with Crippen molar-refractivity contribution in [2.75, 3.05) is 6.54 Å². The minimum Gasteiger partial charge on any atom is -0.337 e. The van der Waals surface area contributed by atoms with Gasteiger partial charge in [0.25, 0.3) is 0 Å². The van der Waals surface area contributed by atoms with Gasteiger partial charge in [0, 0.05) is 25.0 Å². The van der Waals surface area contributed by atoms with E-state index in [0.29, 0.717) is 0 Å². The zero-order chi connectivity index (χ0) is 11.2. The van der Waals surface area contributed by atoms with Gasteiger partial charge in [0.1, 0.15) is 0 Å². The molecule has 2 bridgehead atoms. The Morgan fingerprint density at radius 1 is 1.24 bits per heavy atom. The van der Waals surface area contributed by atoms with E-state index in [1.54, 1.807) is 6.42 Å². The third-order valence-electron chi connectivity index (χ3n) is 5.27. The van der Waals surface area contributed by atoms with Gasteiger partial charge in [0.05, 0.1) is 6.33 Å². The Morgan fingerprint density at radius 3 is 2.76 bits per heavy atom. The van der Waals surface area contributed by atoms with Crippen molar-refractivity contribution in [2.24, 2.45) is 23.7 Å². The molecule has 3 aliphatic carbocycles. The molecule has 3 heteroatoms. The predicted molar refractivity (Wildman–Crippen MR) is 66.4 cm³/mol. The lowest BCUT2D eigenvalue weighted by Gasteiger charge is -2.10. The number of aromatic nitrogens is 2. The third kappa shape index (κ3) is 1.63. The monoisotopic (exact) mass is 231 g/mol. The van der Waals surface area contributed by atoms with E-state index >= 15 is 0 Å². The molecule has 0 amide bonds. The molecule has 1 N–H and O–H groups in total. The van der Waals surface area contributed by atoms with Gasteiger partial charge in [-0.3, -0.25) is 0 Å². The van der Waals surface area contributed by atoms with Crippen LogP contribution in [0.25, 0.3) is 0 Å². The van der Waals surface area contributed by atoms with Crippen molar-refractivity contribution < 1.29 is 0 Å². The van der Waals surface area contributed by atoms with Crippen molar-refractivity contribution in [3.8, 4) is 0 Å². The molecule has 0 spiro atoms. The number of aryl methyl sites for hydroxylation is 1. The zero-order valence-electron chi connectivity index (χ0n) is 10.3. The summed E-state index contributed by atoms with van der Waals surface area (Å²) < 4.78 is 2.17. The summed E-state index contributed by atoms with van der Waals surface area (Å²) in [6, 6.07) is 0.893. The number of imidazole rings is 1. The second-order valence-corrected chi connectivity index (χ2v) is 6.12. The minimum absolute atomic E-state index is 0.893. The second-order valence-electron chi connectivity index (χ2n) is 6.12. The average molecular weight is 231 g/mol. The van der Waals surface area contributed by atoms with Crippen LogP contribution in [0, 0.1) is 23.7 Å². The van der Waals surface area contributed by atoms with Crippen molar-refractivity contribution in [1.29, 1.82) is 0 Å². The van der Waals surface area contributed by atoms with Gasteiger partial charge in [-0.05, 0) is 55.9 Å². The molecule has 17 heavy (non-hydrogen) atoms. The number of hydrogen-bond donors (Lipinski definition) is 1. The van der Waals surface area contributed by atoms with Crippen LogP contribution in [0.1, 0.15) is 25.7 Å². The average Bonchev–Trinajstić information content (AvgIpc) is 2.83. The van der Waals surface area contributed by atoms with Gasteiger partial charge in [0.2, 0.25) is 0 Å². The van der Waals surface area contributed by atoms with Gasteiger partial charge in [-0.2, -0.15) is 0 Å². The highest BCUT2D eigenvalue weighted by Gasteiger charge is 2.64. The van der Waals surface area contributed by atoms with E-state index in [2.05, 4.69) is 14.9 Å². The third-order valence-corrected chi connectivity index (χ3v) is 5.27. The molecule has 92 valence electrons. The van der Waals surface area contributed by atoms with E-state index in [1.165, 1.54) is 25.8 Å². The number of nitrogens with one attached hydrogen (secondary N) is 1. The summed E-state index contributed by atoms with van der Waals surface area (Å²) in [5, 5.41) is 3.79. The molecular weight excluding hydrogens is 210 g/mol. The quantitative estimate of drug-likeness (QED) is 0.785. The largest absolute Gasteiger partial charge is 0.337 e. The maximum atomic E-state index is 4.07. The number of fused-ring (bicyclic) bond motifs is 5. The molecule has 0 aromatic carbocycles. The van der Waals surface area contributed by atoms with Crippen LogP contribution in [-0.2, 0) is 6.54 Å². The van der Waals surface area contributed by atoms with Gasteiger partial charge >= 0.3 is 0 Å². The maximum absolute atomic E-state index is 4.07. The highest BCUT2D eigenvalue weighted by atomic mass is 15.0. The van der Waals surface area contributed by atoms with E-state index in [1.807, 2.05) is 18.7 Å². The Morgan fingerprint density at radius 2 is 2.06 bits per heavy atom. The first-order chi connectivity index (χ1) is 8.43. The molecule has 4 rings (SSSR count). The van der Waals surface area contributed by atoms with E-state index in [4.69, 9.17) is 0 Å². The first-order valence-electron chi connectivity index (χ1n) is 7.12. The van der Waals surface area contributed by atoms with Crippen LogP contribution >= 0.6 is 0 Å². The summed E-state index contributed by atoms with van der Waals surface area (Å²) in [5.74, 6) is 4.33. The van der Waals surface area contributed by atoms with Crippen LogP contribution in [0.5, 0.6) is 0 Å². The normalized spacial score (nSPS) is 41.8. The van der Waals surface area contributed by atoms with Crippen LogP contribution < -0.4 is 5.32 Å². The lowest BCUT2D eigenvalue weighted by Crippen LogP contribution is -2.24. The van der Waals surface area contributed by atoms with Crippen molar-refractivity contribution in [3.05, 3.63) is 18.7 Å². The molecule has 0 radical (unpaired) electrons. The Kier molecular flexibility index (Phi) is 2.29. The SMILES string of the molecule is c1cn(CCCNC2C3C4CCC(C4)C23)cn1. The van der Waals surface area contributed by atoms with Crippen LogP contribution in [0.15, 0.2) is 18.7 Å². The molecule has 0 aliphatic heterocycles. The van der Waals surface area contributed by atoms with Crippen LogP contribution in [0.4, 0.5) is 0 Å². The number of hydrogen-bond acceptors (Lipinski definition) is 2. The van der Waals surface area contributed by atoms with Gasteiger partial charge in [-0.15, -0.1) is 0 Å². The van der Waals surface area contributed by atoms with E-state index in [-0.39, 0.29) is 0 Å². The molecular formula is C14H21N3. The van der Waals surface area contributed by atoms with E-state index in [9.17, 15) is 0 Å². The zero-order valence-corrected chi connectivity index (χ0v) is 10.3. The van der Waals surface area contributed by atoms with Gasteiger partial charge < -0.3 is 9.88 Å². The fourth-order valence-electron chi connectivity index (χ4n) is 4.55. The highest BCUT2D eigenvalue weighted by molar-refractivity contribution is 5.16. The first kappa shape index (κ1) is 10.1. The van der Waals surface area contributed by atoms with Gasteiger partial charge in [-0.1, -0.05) is 0 Å². The van der Waals surface area contributed by atoms with Crippen LogP contribution in [-0.4, -0.2) is 22.1 Å². The summed E-state index contributed by atoms with van der Waals surface area (Å²) in [6.07, 6.45) is 11.6. The molecule has 4 unspecified atom stereocenters. The molecule has 0 saturated heterocycles. The smallest absolute Gasteiger partial charge is 0.0945 e. The summed E-state index contributed by atoms with van der Waals surface area (Å²) in [7, 11) is 0. The fraction of sp³-hybridized carbons (Fsp3) is 0.786. The lowest BCUT2D eigenvalue weighted by molar-refractivity contribution is 0.453. The molecule has 1 heterocycles. The summed E-state index contributed by atoms with van der Waals surface area (Å²) in [4.78, 5) is 4.07. The van der Waals surface area contributed by atoms with E-state index in [0.717, 1.165) is 36.3 Å². The first-order valence-corrected chi connectivity index (χ1v) is 7.12. The van der Waals surface area contributed by atoms with E-state index < -0.39 is 0 Å². The number of rotatable bonds is 5. The summed E-state index contributed by atoms with van der Waals surface area (Å²) >= 11 is 0. The van der Waals surface area contributed by atoms with Crippen LogP contribution in [0.2, 0.25) is 0 Å². The Hall–Kier alpha value is -0.830. The molecule has 3 saturated carbocycles. The highest BCUT2D eigenvalue weighted by Crippen LogP contribution is 2.65. The van der Waals surface area contributed by atoms with Gasteiger partial charge in [0.15, 0.2) is 0 Å². The van der Waals surface area contributed by atoms with Crippen molar-refractivity contribution in [3.63, 3.8) is 0 Å². The molecule has 3 fully saturated rings. The standard InChI is InChI=1S/C14H21N3/c1(6-17-7-5-15-9-17)4-16-14-12-10-2-3-11(8-10)13(12)14/h5,7,9-14,16H,1-4,6,8H2. The molecule has 4 atom stereocenters. The Balaban J connectivity index is 1.21. The molecule has 1 aromatic rings. The Bertz CT molecular complexity index is 370. The molecule has 3 aliphatic rings. The van der Waals surface area contributed by atoms with Crippen molar-refractivity contribution >= 4 is 0 Å². The number of nitrogens with zero attached hydrogens (tertiary/aromatic N) is 2. The fourth-order valence-corrected chi connectivity index (χ4v) is 4.55. The van der Waals surface area contributed by atoms with Gasteiger partial charge in [-0.25, -0.2) is 4.98 Å². The maximum Gasteiger partial charge on any atom is 0.0945 e. The minimum atomic E-state index is 0.893. The van der Waals surface area contributed by atoms with Crippen LogP contribution in [0.3, 0.4) is 0 Å². The predicted octanol–water partition coefficient (Wildman–Crippen LogP) is 1.91. The molecule has 3 nitrogen and oxygen atoms in total. The topological polar surface area (TPSA) is 29.9 Å². The Labute approximate surface area is 103 Å². The van der Waals surface area contributed by atoms with Crippen molar-refractivity contribution in [1.82, 2.24) is 14.9 Å². The summed E-state index contributed by atoms with van der Waals surface area (Å²) in [5.41, 5.74) is 0. The van der Waals surface area contributed by atoms with Crippen molar-refractivity contribution in [2.45, 2.75) is 38.3 Å². The lowest BCUT2D eigenvalue weighted by atomic mass is 10.0. The molecule has 1 aromatic heterocycles. The summed E-state index contributed by atoms with van der Waals surface area (Å²) in [6.45, 7) is 2.27. The second kappa shape index (κ2) is 3.84.